The number of unbranched alkanes of at least 4 members (excludes halogenated alkanes) is 3. The van der Waals surface area contributed by atoms with Crippen molar-refractivity contribution in [2.24, 2.45) is 0 Å². The molecular weight excluding hydrogens is 777 g/mol. The maximum Gasteiger partial charge on any atom is 0.325 e. The second-order valence-corrected chi connectivity index (χ2v) is 14.4. The summed E-state index contributed by atoms with van der Waals surface area (Å²) in [5, 5.41) is 43.3. The van der Waals surface area contributed by atoms with Crippen LogP contribution in [-0.2, 0) is 52.9 Å². The van der Waals surface area contributed by atoms with Gasteiger partial charge >= 0.3 is 11.9 Å². The number of aromatic nitrogens is 2. The molecule has 1 aromatic carbocycles. The van der Waals surface area contributed by atoms with Gasteiger partial charge in [-0.25, -0.2) is 14.7 Å². The van der Waals surface area contributed by atoms with E-state index in [2.05, 4.69) is 27.4 Å². The SMILES string of the molecule is CCCCc1ncc(/C=C(\Cc2ccsc2)C(=O)NCC(=O)OCCCCC(C)ON(O)O)n1Cc1ccc(C(=O)NCC(=O)OCCCCC(C)ON(O)O)cc1. The van der Waals surface area contributed by atoms with E-state index in [1.165, 1.54) is 11.3 Å². The topological polar surface area (TPSA) is 234 Å². The minimum absolute atomic E-state index is 0.138. The highest BCUT2D eigenvalue weighted by molar-refractivity contribution is 7.07. The number of hydrogen-bond acceptors (Lipinski definition) is 16. The van der Waals surface area contributed by atoms with Gasteiger partial charge in [-0.15, -0.1) is 0 Å². The minimum atomic E-state index is -0.585. The van der Waals surface area contributed by atoms with E-state index in [0.717, 1.165) is 29.8 Å². The lowest BCUT2D eigenvalue weighted by Crippen LogP contribution is -2.32. The molecule has 2 unspecified atom stereocenters. The van der Waals surface area contributed by atoms with Gasteiger partial charge in [-0.2, -0.15) is 11.3 Å². The lowest BCUT2D eigenvalue weighted by molar-refractivity contribution is -0.504. The number of aryl methyl sites for hydroxylation is 1. The van der Waals surface area contributed by atoms with Crippen molar-refractivity contribution in [3.8, 4) is 0 Å². The molecular formula is C39H56N6O12S. The number of ether oxygens (including phenoxy) is 2. The summed E-state index contributed by atoms with van der Waals surface area (Å²) in [7, 11) is 0. The highest BCUT2D eigenvalue weighted by Crippen LogP contribution is 2.20. The molecule has 0 bridgehead atoms. The number of nitrogens with zero attached hydrogens (tertiary/aromatic N) is 4. The van der Waals surface area contributed by atoms with E-state index in [4.69, 9.17) is 35.1 Å². The van der Waals surface area contributed by atoms with Gasteiger partial charge in [0.25, 0.3) is 5.91 Å². The van der Waals surface area contributed by atoms with Crippen molar-refractivity contribution in [3.63, 3.8) is 0 Å². The second-order valence-electron chi connectivity index (χ2n) is 13.6. The monoisotopic (exact) mass is 832 g/mol. The Morgan fingerprint density at radius 2 is 1.43 bits per heavy atom. The lowest BCUT2D eigenvalue weighted by Gasteiger charge is -2.14. The molecule has 0 aliphatic heterocycles. The Hall–Kier alpha value is -4.57. The molecule has 2 aromatic heterocycles. The van der Waals surface area contributed by atoms with Gasteiger partial charge in [0, 0.05) is 30.5 Å². The third kappa shape index (κ3) is 18.8. The van der Waals surface area contributed by atoms with Crippen molar-refractivity contribution >= 4 is 41.2 Å². The zero-order chi connectivity index (χ0) is 42.3. The first-order valence-electron chi connectivity index (χ1n) is 19.3. The van der Waals surface area contributed by atoms with Crippen LogP contribution in [0.25, 0.3) is 6.08 Å². The molecule has 18 nitrogen and oxygen atoms in total. The number of carbonyl (C=O) groups excluding carboxylic acids is 4. The summed E-state index contributed by atoms with van der Waals surface area (Å²) >= 11 is 1.51. The van der Waals surface area contributed by atoms with E-state index in [-0.39, 0.29) is 37.1 Å². The maximum absolute atomic E-state index is 13.5. The summed E-state index contributed by atoms with van der Waals surface area (Å²) in [5.41, 5.74) is 3.30. The van der Waals surface area contributed by atoms with Crippen LogP contribution < -0.4 is 10.6 Å². The van der Waals surface area contributed by atoms with Crippen LogP contribution in [0.4, 0.5) is 0 Å². The molecule has 2 amide bonds. The highest BCUT2D eigenvalue weighted by atomic mass is 32.1. The molecule has 0 saturated carbocycles. The Bertz CT molecular complexity index is 1720. The smallest absolute Gasteiger partial charge is 0.325 e. The van der Waals surface area contributed by atoms with Crippen molar-refractivity contribution in [2.45, 2.75) is 104 Å². The van der Waals surface area contributed by atoms with Crippen LogP contribution in [0.3, 0.4) is 0 Å². The first-order chi connectivity index (χ1) is 27.8. The Labute approximate surface area is 341 Å². The zero-order valence-corrected chi connectivity index (χ0v) is 34.0. The first-order valence-corrected chi connectivity index (χ1v) is 20.2. The number of rotatable bonds is 28. The predicted molar refractivity (Wildman–Crippen MR) is 209 cm³/mol. The van der Waals surface area contributed by atoms with Crippen LogP contribution in [0.1, 0.15) is 105 Å². The maximum atomic E-state index is 13.5. The average Bonchev–Trinajstić information content (AvgIpc) is 3.84. The molecule has 58 heavy (non-hydrogen) atoms. The molecule has 0 radical (unpaired) electrons. The minimum Gasteiger partial charge on any atom is -0.464 e. The van der Waals surface area contributed by atoms with Crippen molar-refractivity contribution < 1.29 is 59.2 Å². The van der Waals surface area contributed by atoms with Crippen LogP contribution in [0.2, 0.25) is 0 Å². The number of amides is 2. The number of esters is 2. The summed E-state index contributed by atoms with van der Waals surface area (Å²) < 4.78 is 12.5. The van der Waals surface area contributed by atoms with E-state index in [0.29, 0.717) is 74.7 Å². The quantitative estimate of drug-likeness (QED) is 0.0244. The number of imidazole rings is 1. The largest absolute Gasteiger partial charge is 0.464 e. The number of hydrogen-bond donors (Lipinski definition) is 6. The molecule has 19 heteroatoms. The van der Waals surface area contributed by atoms with Gasteiger partial charge in [0.05, 0.1) is 48.1 Å². The molecule has 2 atom stereocenters. The molecule has 0 aliphatic rings. The fourth-order valence-electron chi connectivity index (χ4n) is 5.68. The number of benzene rings is 1. The predicted octanol–water partition coefficient (Wildman–Crippen LogP) is 5.04. The molecule has 0 saturated heterocycles. The van der Waals surface area contributed by atoms with E-state index >= 15 is 0 Å². The second kappa shape index (κ2) is 26.4. The molecule has 0 aliphatic carbocycles. The Kier molecular flexibility index (Phi) is 21.8. The van der Waals surface area contributed by atoms with Crippen LogP contribution in [0.5, 0.6) is 0 Å². The summed E-state index contributed by atoms with van der Waals surface area (Å²) in [4.78, 5) is 65.0. The van der Waals surface area contributed by atoms with Crippen LogP contribution in [-0.4, -0.2) is 103 Å². The summed E-state index contributed by atoms with van der Waals surface area (Å²) in [6.45, 7) is 5.51. The normalized spacial score (nSPS) is 12.7. The molecule has 3 rings (SSSR count). The van der Waals surface area contributed by atoms with Crippen LogP contribution in [0.15, 0.2) is 52.9 Å². The average molecular weight is 833 g/mol. The van der Waals surface area contributed by atoms with Gasteiger partial charge in [0.1, 0.15) is 18.9 Å². The lowest BCUT2D eigenvalue weighted by atomic mass is 10.1. The van der Waals surface area contributed by atoms with Gasteiger partial charge in [-0.05, 0) is 105 Å². The summed E-state index contributed by atoms with van der Waals surface area (Å²) in [6, 6.07) is 8.91. The van der Waals surface area contributed by atoms with Crippen molar-refractivity contribution in [1.82, 2.24) is 31.0 Å². The molecule has 320 valence electrons. The molecule has 3 aromatic rings. The van der Waals surface area contributed by atoms with E-state index in [1.54, 1.807) is 38.3 Å². The third-order valence-corrected chi connectivity index (χ3v) is 9.47. The van der Waals surface area contributed by atoms with Gasteiger partial charge in [-0.3, -0.25) is 40.0 Å². The van der Waals surface area contributed by atoms with E-state index in [1.807, 2.05) is 33.5 Å². The van der Waals surface area contributed by atoms with Crippen molar-refractivity contribution in [2.75, 3.05) is 26.3 Å². The standard InChI is InChI=1S/C39H56N6O12S/c1-4-5-12-35-40-23-34(22-33(21-31-17-20-58-27-31)39(49)42-25-37(47)55-19-9-7-11-29(3)57-45(52)53)43(35)26-30-13-15-32(16-14-30)38(48)41-24-36(46)54-18-8-6-10-28(2)56-44(50)51/h13-17,20,22-23,27-29,50-53H,4-12,18-19,21,24-26H2,1-3H3,(H,41,48)(H,42,49)/b33-22+. The molecule has 0 fully saturated rings. The van der Waals surface area contributed by atoms with Gasteiger partial charge in [-0.1, -0.05) is 25.5 Å². The van der Waals surface area contributed by atoms with Gasteiger partial charge in [0.15, 0.2) is 0 Å². The van der Waals surface area contributed by atoms with Crippen LogP contribution >= 0.6 is 11.3 Å². The van der Waals surface area contributed by atoms with E-state index < -0.39 is 36.0 Å². The zero-order valence-electron chi connectivity index (χ0n) is 33.2. The highest BCUT2D eigenvalue weighted by Gasteiger charge is 2.17. The summed E-state index contributed by atoms with van der Waals surface area (Å²) in [6.07, 6.45) is 8.91. The van der Waals surface area contributed by atoms with E-state index in [9.17, 15) is 19.2 Å². The number of carbonyl (C=O) groups is 4. The third-order valence-electron chi connectivity index (χ3n) is 8.74. The Balaban J connectivity index is 1.61. The van der Waals surface area contributed by atoms with Crippen molar-refractivity contribution in [1.29, 1.82) is 0 Å². The number of thiophene rings is 1. The molecule has 2 heterocycles. The molecule has 0 spiro atoms. The Morgan fingerprint density at radius 3 is 1.98 bits per heavy atom. The Morgan fingerprint density at radius 1 is 0.828 bits per heavy atom. The first kappa shape index (κ1) is 47.8. The van der Waals surface area contributed by atoms with Crippen molar-refractivity contribution in [3.05, 3.63) is 81.1 Å². The van der Waals surface area contributed by atoms with Gasteiger partial charge < -0.3 is 24.7 Å². The fourth-order valence-corrected chi connectivity index (χ4v) is 6.35. The number of nitrogens with one attached hydrogen (secondary N) is 2. The van der Waals surface area contributed by atoms with Gasteiger partial charge in [0.2, 0.25) is 5.91 Å². The summed E-state index contributed by atoms with van der Waals surface area (Å²) in [5.74, 6) is -1.19. The molecule has 6 N–H and O–H groups in total. The van der Waals surface area contributed by atoms with Crippen LogP contribution in [0, 0.1) is 0 Å². The fraction of sp³-hybridized carbons (Fsp3) is 0.513.